The number of ether oxygens (including phenoxy) is 10. The molecule has 0 spiro atoms. The van der Waals surface area contributed by atoms with Crippen molar-refractivity contribution in [2.24, 2.45) is 0 Å². The Morgan fingerprint density at radius 2 is 0.687 bits per heavy atom. The monoisotopic (exact) mass is 1950 g/mol. The molecule has 48 nitrogen and oxygen atoms in total. The second-order valence-corrected chi connectivity index (χ2v) is 35.4. The van der Waals surface area contributed by atoms with Crippen LogP contribution in [0.15, 0.2) is 0 Å². The summed E-state index contributed by atoms with van der Waals surface area (Å²) in [5.74, 6) is -4.95. The lowest BCUT2D eigenvalue weighted by Crippen LogP contribution is -2.69. The van der Waals surface area contributed by atoms with Crippen LogP contribution in [0.25, 0.3) is 0 Å². The van der Waals surface area contributed by atoms with E-state index in [1.807, 2.05) is 0 Å². The summed E-state index contributed by atoms with van der Waals surface area (Å²) >= 11 is 0. The average molecular weight is 1950 g/mol. The molecule has 23 atom stereocenters. The molecule has 0 radical (unpaired) electrons. The first-order valence-corrected chi connectivity index (χ1v) is 48.2. The lowest BCUT2D eigenvalue weighted by Gasteiger charge is -2.46. The number of nitrogens with one attached hydrogen (secondary N) is 11. The lowest BCUT2D eigenvalue weighted by atomic mass is 9.94. The van der Waals surface area contributed by atoms with Crippen LogP contribution in [0.4, 0.5) is 0 Å². The standard InChI is InChI=1S/C85H151N12O36P/c1-52(101)92-70-77(117)74(114)58(47-98)131-83(70)126-39-19-16-25-62(106)86-33-22-36-89-65(109)30-42-123-51-61-80(124-43-31-66(110)90-37-23-34-87-63(107)26-17-20-40-127-84-71(93-53(2)102)78(118)75(115)59(48-99)132-84)81(125-44-32-67(111)91-38-24-35-88-64(108)27-18-21-41-128-85-72(94-54(3)103)79(119)76(116)60(49-100)133-85)73(95-55(4)104)82(130-61)96-68(112)28-14-12-10-8-6-7-9-11-13-15-29-69(113)97-46-57(105)45-56(97)50-129-134(120,121)122-5/h56-61,70-85,98-100,105,114-119H,6-51H2,1-5H3,(H,86,106)(H,87,107)(H,88,108)(H,89,109)(H,90,110)(H,91,111)(H,92,101)(H,93,102)(H,94,103)(H,95,104)(H,96,112)(H,120,121)/p-1/t56-,57+,58+,59+,60+,61+,70+,71+,72+,73+,74-,75-,76-,77+,78+,79+,80+,81+,82+,83+,84+,85+/m0/s1. The van der Waals surface area contributed by atoms with Gasteiger partial charge in [0, 0.05) is 152 Å². The van der Waals surface area contributed by atoms with Gasteiger partial charge in [-0.3, -0.25) is 62.1 Å². The topological polar surface area (TPSA) is 694 Å². The van der Waals surface area contributed by atoms with Gasteiger partial charge in [0.15, 0.2) is 25.1 Å². The number of β-amino-alcohol motifs (C(OH)–C–C–N with tert-alkyl or cyclic N) is 1. The van der Waals surface area contributed by atoms with Crippen LogP contribution in [-0.2, 0) is 119 Å². The van der Waals surface area contributed by atoms with Gasteiger partial charge in [-0.25, -0.2) is 0 Å². The van der Waals surface area contributed by atoms with Gasteiger partial charge in [0.2, 0.25) is 70.9 Å². The van der Waals surface area contributed by atoms with E-state index in [-0.39, 0.29) is 180 Å². The van der Waals surface area contributed by atoms with E-state index in [9.17, 15) is 118 Å². The van der Waals surface area contributed by atoms with Crippen LogP contribution in [-0.4, -0.2) is 387 Å². The van der Waals surface area contributed by atoms with Crippen LogP contribution in [0.5, 0.6) is 0 Å². The van der Waals surface area contributed by atoms with Crippen molar-refractivity contribution in [2.75, 3.05) is 126 Å². The minimum atomic E-state index is -4.51. The van der Waals surface area contributed by atoms with Gasteiger partial charge in [-0.15, -0.1) is 0 Å². The summed E-state index contributed by atoms with van der Waals surface area (Å²) in [6.07, 6.45) is -10.4. The molecule has 5 fully saturated rings. The number of hydrogen-bond acceptors (Lipinski definition) is 36. The number of carbonyl (C=O) groups excluding carboxylic acids is 12. The van der Waals surface area contributed by atoms with Gasteiger partial charge in [-0.05, 0) is 77.0 Å². The van der Waals surface area contributed by atoms with Crippen molar-refractivity contribution in [3.63, 3.8) is 0 Å². The summed E-state index contributed by atoms with van der Waals surface area (Å²) in [6, 6.07) is -5.17. The maximum absolute atomic E-state index is 14.1. The number of nitrogens with zero attached hydrogens (tertiary/aromatic N) is 1. The van der Waals surface area contributed by atoms with Gasteiger partial charge in [-0.1, -0.05) is 51.4 Å². The molecule has 772 valence electrons. The Kier molecular flexibility index (Phi) is 57.6. The second-order valence-electron chi connectivity index (χ2n) is 33.9. The molecule has 5 aliphatic rings. The summed E-state index contributed by atoms with van der Waals surface area (Å²) in [4.78, 5) is 168. The molecule has 5 saturated heterocycles. The third kappa shape index (κ3) is 45.3. The van der Waals surface area contributed by atoms with E-state index in [4.69, 9.17) is 51.9 Å². The van der Waals surface area contributed by atoms with E-state index in [2.05, 4.69) is 63.0 Å². The molecule has 0 aromatic heterocycles. The fraction of sp³-hybridized carbons (Fsp3) is 0.859. The molecule has 49 heteroatoms. The normalized spacial score (nSPS) is 27.3. The maximum atomic E-state index is 14.1. The number of aliphatic hydroxyl groups is 10. The van der Waals surface area contributed by atoms with Gasteiger partial charge in [0.25, 0.3) is 7.82 Å². The first kappa shape index (κ1) is 117. The van der Waals surface area contributed by atoms with E-state index in [1.54, 1.807) is 0 Å². The minimum Gasteiger partial charge on any atom is -0.756 e. The van der Waals surface area contributed by atoms with E-state index in [0.29, 0.717) is 77.0 Å². The lowest BCUT2D eigenvalue weighted by molar-refractivity contribution is -0.270. The van der Waals surface area contributed by atoms with Crippen molar-refractivity contribution in [1.29, 1.82) is 0 Å². The highest BCUT2D eigenvalue weighted by atomic mass is 31.2. The van der Waals surface area contributed by atoms with Crippen LogP contribution < -0.4 is 63.4 Å². The van der Waals surface area contributed by atoms with Crippen LogP contribution in [0.3, 0.4) is 0 Å². The highest BCUT2D eigenvalue weighted by Crippen LogP contribution is 2.38. The third-order valence-electron chi connectivity index (χ3n) is 22.8. The van der Waals surface area contributed by atoms with E-state index < -0.39 is 210 Å². The van der Waals surface area contributed by atoms with Crippen molar-refractivity contribution in [3.05, 3.63) is 0 Å². The number of unbranched alkanes of at least 4 members (excludes halogenated alkanes) is 12. The number of phosphoric acid groups is 1. The molecular formula is C85H150N12O36P-. The quantitative estimate of drug-likeness (QED) is 0.0199. The number of carbonyl (C=O) groups is 12. The molecule has 0 aromatic carbocycles. The molecule has 5 heterocycles. The third-order valence-corrected chi connectivity index (χ3v) is 23.7. The Morgan fingerprint density at radius 1 is 0.358 bits per heavy atom. The Balaban J connectivity index is 1.18. The van der Waals surface area contributed by atoms with E-state index in [1.165, 1.54) is 32.6 Å². The minimum absolute atomic E-state index is 0.0445. The summed E-state index contributed by atoms with van der Waals surface area (Å²) < 4.78 is 80.6. The van der Waals surface area contributed by atoms with Gasteiger partial charge in [0.1, 0.15) is 97.4 Å². The Bertz CT molecular complexity index is 3540. The zero-order chi connectivity index (χ0) is 98.5. The molecule has 12 amide bonds. The summed E-state index contributed by atoms with van der Waals surface area (Å²) in [5, 5.41) is 132. The maximum Gasteiger partial charge on any atom is 0.267 e. The Labute approximate surface area is 781 Å². The van der Waals surface area contributed by atoms with Crippen LogP contribution in [0, 0.1) is 0 Å². The predicted molar refractivity (Wildman–Crippen MR) is 468 cm³/mol. The second kappa shape index (κ2) is 65.7. The molecular weight excluding hydrogens is 1800 g/mol. The van der Waals surface area contributed by atoms with E-state index in [0.717, 1.165) is 52.1 Å². The van der Waals surface area contributed by atoms with Crippen molar-refractivity contribution in [2.45, 2.75) is 342 Å². The summed E-state index contributed by atoms with van der Waals surface area (Å²) in [7, 11) is -3.54. The number of hydrogen-bond donors (Lipinski definition) is 21. The van der Waals surface area contributed by atoms with Crippen molar-refractivity contribution in [3.8, 4) is 0 Å². The molecule has 134 heavy (non-hydrogen) atoms. The molecule has 0 bridgehead atoms. The molecule has 0 saturated carbocycles. The fourth-order valence-electron chi connectivity index (χ4n) is 15.6. The predicted octanol–water partition coefficient (Wildman–Crippen LogP) is -5.68. The fourth-order valence-corrected chi connectivity index (χ4v) is 16.1. The van der Waals surface area contributed by atoms with Gasteiger partial charge in [-0.2, -0.15) is 0 Å². The van der Waals surface area contributed by atoms with Gasteiger partial charge in [0.05, 0.1) is 65.0 Å². The van der Waals surface area contributed by atoms with Crippen molar-refractivity contribution in [1.82, 2.24) is 63.4 Å². The SMILES string of the molecule is COP(=O)([O-])OC[C@@H]1C[C@@H](O)CN1C(=O)CCCCCCCCCCCCC(=O)N[C@@H]1O[C@H](COCCC(=O)NCCCNC(=O)CCCCO[C@@H]2O[C@H](CO)[C@H](O)[C@H](O)[C@H]2NC(C)=O)[C@@H](OCCC(=O)NCCCNC(=O)CCCCO[C@@H]2O[C@H](CO)[C@H](O)[C@H](O)[C@H]2NC(C)=O)[C@H](OCCC(=O)NCCCNC(=O)CCCCO[C@@H]2O[C@H](CO)[C@H](O)[C@H](O)[C@H]2NC(C)=O)[C@H]1NC(C)=O. The highest BCUT2D eigenvalue weighted by molar-refractivity contribution is 7.45. The smallest absolute Gasteiger partial charge is 0.267 e. The van der Waals surface area contributed by atoms with Gasteiger partial charge >= 0.3 is 0 Å². The first-order chi connectivity index (χ1) is 64.1. The Hall–Kier alpha value is -7.05. The van der Waals surface area contributed by atoms with Gasteiger partial charge < -0.3 is 176 Å². The van der Waals surface area contributed by atoms with Crippen molar-refractivity contribution >= 4 is 78.7 Å². The summed E-state index contributed by atoms with van der Waals surface area (Å²) in [6.45, 7) is 2.88. The molecule has 0 aliphatic carbocycles. The van der Waals surface area contributed by atoms with E-state index >= 15 is 0 Å². The van der Waals surface area contributed by atoms with Crippen molar-refractivity contribution < 1.29 is 174 Å². The van der Waals surface area contributed by atoms with Crippen LogP contribution >= 0.6 is 7.82 Å². The molecule has 0 aromatic rings. The molecule has 5 rings (SSSR count). The summed E-state index contributed by atoms with van der Waals surface area (Å²) in [5.41, 5.74) is 0. The number of aliphatic hydroxyl groups excluding tert-OH is 10. The Morgan fingerprint density at radius 3 is 1.05 bits per heavy atom. The number of amides is 12. The molecule has 1 unspecified atom stereocenters. The average Bonchev–Trinajstić information content (AvgIpc) is 0.975. The zero-order valence-electron chi connectivity index (χ0n) is 77.7. The number of likely N-dealkylation sites (tertiary alicyclic amines) is 1. The zero-order valence-corrected chi connectivity index (χ0v) is 78.6. The highest BCUT2D eigenvalue weighted by Gasteiger charge is 2.51. The van der Waals surface area contributed by atoms with Crippen LogP contribution in [0.1, 0.15) is 207 Å². The molecule has 5 aliphatic heterocycles. The molecule has 21 N–H and O–H groups in total. The number of phosphoric ester groups is 1. The largest absolute Gasteiger partial charge is 0.756 e. The first-order valence-electron chi connectivity index (χ1n) is 46.8. The number of rotatable bonds is 68. The van der Waals surface area contributed by atoms with Crippen LogP contribution in [0.2, 0.25) is 0 Å².